The van der Waals surface area contributed by atoms with Gasteiger partial charge in [0.15, 0.2) is 0 Å². The van der Waals surface area contributed by atoms with Crippen LogP contribution in [0.3, 0.4) is 0 Å². The fourth-order valence-electron chi connectivity index (χ4n) is 2.53. The molecule has 0 bridgehead atoms. The lowest BCUT2D eigenvalue weighted by atomic mass is 9.74. The van der Waals surface area contributed by atoms with Crippen LogP contribution in [0.25, 0.3) is 0 Å². The molecule has 1 N–H and O–H groups in total. The van der Waals surface area contributed by atoms with Crippen LogP contribution in [0.4, 0.5) is 0 Å². The standard InChI is InChI=1S/C13H16O3/c1-8(13(15)16)12-10-5-3-2-4-9(10)6-7-11(12)14/h2-5,8,11-12,14H,6-7H2,1H3,(H,15,16)/p-1. The van der Waals surface area contributed by atoms with Gasteiger partial charge in [-0.3, -0.25) is 0 Å². The van der Waals surface area contributed by atoms with E-state index < -0.39 is 18.0 Å². The van der Waals surface area contributed by atoms with Crippen molar-refractivity contribution in [3.63, 3.8) is 0 Å². The van der Waals surface area contributed by atoms with E-state index in [2.05, 4.69) is 0 Å². The highest BCUT2D eigenvalue weighted by molar-refractivity contribution is 5.69. The molecule has 86 valence electrons. The number of aliphatic carboxylic acids is 1. The maximum absolute atomic E-state index is 10.9. The second kappa shape index (κ2) is 4.26. The monoisotopic (exact) mass is 219 g/mol. The third-order valence-corrected chi connectivity index (χ3v) is 3.45. The summed E-state index contributed by atoms with van der Waals surface area (Å²) in [4.78, 5) is 10.9. The molecule has 0 saturated carbocycles. The van der Waals surface area contributed by atoms with Gasteiger partial charge >= 0.3 is 0 Å². The van der Waals surface area contributed by atoms with Crippen molar-refractivity contribution in [3.05, 3.63) is 35.4 Å². The van der Waals surface area contributed by atoms with Crippen molar-refractivity contribution >= 4 is 5.97 Å². The van der Waals surface area contributed by atoms with Crippen LogP contribution in [0.2, 0.25) is 0 Å². The number of aliphatic hydroxyl groups is 1. The Morgan fingerprint density at radius 1 is 1.50 bits per heavy atom. The van der Waals surface area contributed by atoms with Gasteiger partial charge in [0.05, 0.1) is 6.10 Å². The van der Waals surface area contributed by atoms with Crippen LogP contribution in [-0.4, -0.2) is 17.2 Å². The maximum atomic E-state index is 10.9. The summed E-state index contributed by atoms with van der Waals surface area (Å²) in [6, 6.07) is 7.72. The van der Waals surface area contributed by atoms with Crippen LogP contribution in [0, 0.1) is 5.92 Å². The van der Waals surface area contributed by atoms with Crippen molar-refractivity contribution in [2.75, 3.05) is 0 Å². The lowest BCUT2D eigenvalue weighted by molar-refractivity contribution is -0.312. The zero-order chi connectivity index (χ0) is 11.7. The van der Waals surface area contributed by atoms with Crippen LogP contribution < -0.4 is 5.11 Å². The number of carbonyl (C=O) groups is 1. The molecule has 1 aromatic rings. The van der Waals surface area contributed by atoms with Crippen molar-refractivity contribution in [1.82, 2.24) is 0 Å². The van der Waals surface area contributed by atoms with Gasteiger partial charge in [0.25, 0.3) is 0 Å². The molecule has 0 fully saturated rings. The fourth-order valence-corrected chi connectivity index (χ4v) is 2.53. The van der Waals surface area contributed by atoms with E-state index >= 15 is 0 Å². The van der Waals surface area contributed by atoms with Crippen molar-refractivity contribution in [3.8, 4) is 0 Å². The number of fused-ring (bicyclic) bond motifs is 1. The summed E-state index contributed by atoms with van der Waals surface area (Å²) < 4.78 is 0. The Morgan fingerprint density at radius 3 is 2.88 bits per heavy atom. The topological polar surface area (TPSA) is 60.4 Å². The normalized spacial score (nSPS) is 25.9. The highest BCUT2D eigenvalue weighted by atomic mass is 16.4. The van der Waals surface area contributed by atoms with E-state index in [0.717, 1.165) is 17.5 Å². The zero-order valence-electron chi connectivity index (χ0n) is 9.22. The molecule has 16 heavy (non-hydrogen) atoms. The molecule has 0 heterocycles. The van der Waals surface area contributed by atoms with E-state index in [-0.39, 0.29) is 5.92 Å². The number of benzene rings is 1. The molecule has 3 nitrogen and oxygen atoms in total. The summed E-state index contributed by atoms with van der Waals surface area (Å²) in [6.07, 6.45) is 0.857. The molecule has 0 spiro atoms. The van der Waals surface area contributed by atoms with Gasteiger partial charge in [0.1, 0.15) is 0 Å². The average Bonchev–Trinajstić information content (AvgIpc) is 2.28. The third-order valence-electron chi connectivity index (χ3n) is 3.45. The summed E-state index contributed by atoms with van der Waals surface area (Å²) in [6.45, 7) is 1.60. The SMILES string of the molecule is CC(C(=O)[O-])C1c2ccccc2CCC1O. The first-order chi connectivity index (χ1) is 7.61. The van der Waals surface area contributed by atoms with E-state index in [0.29, 0.717) is 6.42 Å². The quantitative estimate of drug-likeness (QED) is 0.786. The van der Waals surface area contributed by atoms with Gasteiger partial charge < -0.3 is 15.0 Å². The second-order valence-corrected chi connectivity index (χ2v) is 4.44. The zero-order valence-corrected chi connectivity index (χ0v) is 9.22. The Kier molecular flexibility index (Phi) is 2.97. The van der Waals surface area contributed by atoms with Gasteiger partial charge in [0, 0.05) is 17.8 Å². The molecule has 2 rings (SSSR count). The smallest absolute Gasteiger partial charge is 0.0618 e. The Bertz CT molecular complexity index is 400. The number of carboxylic acids is 1. The number of rotatable bonds is 2. The Hall–Kier alpha value is -1.35. The van der Waals surface area contributed by atoms with E-state index in [1.165, 1.54) is 0 Å². The molecule has 3 unspecified atom stereocenters. The first kappa shape index (κ1) is 11.1. The highest BCUT2D eigenvalue weighted by Crippen LogP contribution is 2.36. The molecule has 3 atom stereocenters. The number of hydrogen-bond donors (Lipinski definition) is 1. The average molecular weight is 219 g/mol. The van der Waals surface area contributed by atoms with Crippen LogP contribution in [-0.2, 0) is 11.2 Å². The molecule has 0 amide bonds. The van der Waals surface area contributed by atoms with Crippen LogP contribution in [0.5, 0.6) is 0 Å². The van der Waals surface area contributed by atoms with Crippen molar-refractivity contribution < 1.29 is 15.0 Å². The minimum Gasteiger partial charge on any atom is -0.550 e. The van der Waals surface area contributed by atoms with Gasteiger partial charge in [-0.25, -0.2) is 0 Å². The van der Waals surface area contributed by atoms with Crippen LogP contribution >= 0.6 is 0 Å². The lowest BCUT2D eigenvalue weighted by Crippen LogP contribution is -2.39. The van der Waals surface area contributed by atoms with Crippen LogP contribution in [0.1, 0.15) is 30.4 Å². The Morgan fingerprint density at radius 2 is 2.19 bits per heavy atom. The number of aliphatic hydroxyl groups excluding tert-OH is 1. The number of aryl methyl sites for hydroxylation is 1. The summed E-state index contributed by atoms with van der Waals surface area (Å²) in [7, 11) is 0. The van der Waals surface area contributed by atoms with Crippen molar-refractivity contribution in [1.29, 1.82) is 0 Å². The maximum Gasteiger partial charge on any atom is 0.0618 e. The number of carboxylic acid groups (broad SMARTS) is 1. The largest absolute Gasteiger partial charge is 0.550 e. The molecule has 0 aliphatic heterocycles. The summed E-state index contributed by atoms with van der Waals surface area (Å²) >= 11 is 0. The van der Waals surface area contributed by atoms with Gasteiger partial charge in [0.2, 0.25) is 0 Å². The lowest BCUT2D eigenvalue weighted by Gasteiger charge is -2.35. The Balaban J connectivity index is 2.40. The molecule has 3 heteroatoms. The highest BCUT2D eigenvalue weighted by Gasteiger charge is 2.32. The third kappa shape index (κ3) is 1.83. The van der Waals surface area contributed by atoms with Crippen LogP contribution in [0.15, 0.2) is 24.3 Å². The molecule has 0 radical (unpaired) electrons. The van der Waals surface area contributed by atoms with E-state index in [9.17, 15) is 15.0 Å². The van der Waals surface area contributed by atoms with E-state index in [1.54, 1.807) is 6.92 Å². The number of hydrogen-bond acceptors (Lipinski definition) is 3. The Labute approximate surface area is 94.7 Å². The van der Waals surface area contributed by atoms with Crippen molar-refractivity contribution in [2.45, 2.75) is 31.8 Å². The van der Waals surface area contributed by atoms with Gasteiger partial charge in [-0.05, 0) is 24.0 Å². The van der Waals surface area contributed by atoms with Crippen molar-refractivity contribution in [2.24, 2.45) is 5.92 Å². The minimum absolute atomic E-state index is 0.338. The summed E-state index contributed by atoms with van der Waals surface area (Å²) in [5.41, 5.74) is 2.10. The molecular formula is C13H15O3-. The molecule has 0 aromatic heterocycles. The first-order valence-corrected chi connectivity index (χ1v) is 5.58. The fraction of sp³-hybridized carbons (Fsp3) is 0.462. The predicted octanol–water partition coefficient (Wildman–Crippen LogP) is 0.463. The summed E-state index contributed by atoms with van der Waals surface area (Å²) in [5, 5.41) is 20.9. The second-order valence-electron chi connectivity index (χ2n) is 4.44. The van der Waals surface area contributed by atoms with Gasteiger partial charge in [-0.1, -0.05) is 31.2 Å². The molecule has 1 aliphatic rings. The van der Waals surface area contributed by atoms with E-state index in [4.69, 9.17) is 0 Å². The summed E-state index contributed by atoms with van der Waals surface area (Å²) in [5.74, 6) is -2.09. The van der Waals surface area contributed by atoms with E-state index in [1.807, 2.05) is 24.3 Å². The van der Waals surface area contributed by atoms with Gasteiger partial charge in [-0.2, -0.15) is 0 Å². The number of carbonyl (C=O) groups excluding carboxylic acids is 1. The predicted molar refractivity (Wildman–Crippen MR) is 57.7 cm³/mol. The van der Waals surface area contributed by atoms with Gasteiger partial charge in [-0.15, -0.1) is 0 Å². The molecule has 0 saturated heterocycles. The molecule has 1 aromatic carbocycles. The minimum atomic E-state index is -1.10. The molecular weight excluding hydrogens is 204 g/mol. The molecule has 1 aliphatic carbocycles. The first-order valence-electron chi connectivity index (χ1n) is 5.58.